The SMILES string of the molecule is CN=C(NCc1ccc(F)cc1)NCC(c1ccccc1)N1CCOCC1.I. The first-order valence-electron chi connectivity index (χ1n) is 9.32. The molecule has 0 radical (unpaired) electrons. The summed E-state index contributed by atoms with van der Waals surface area (Å²) in [5, 5.41) is 6.72. The third kappa shape index (κ3) is 6.72. The van der Waals surface area contributed by atoms with Gasteiger partial charge in [-0.1, -0.05) is 42.5 Å². The molecule has 0 aliphatic carbocycles. The van der Waals surface area contributed by atoms with Gasteiger partial charge in [0.15, 0.2) is 5.96 Å². The van der Waals surface area contributed by atoms with Crippen molar-refractivity contribution in [3.63, 3.8) is 0 Å². The second-order valence-electron chi connectivity index (χ2n) is 6.51. The van der Waals surface area contributed by atoms with Crippen LogP contribution < -0.4 is 10.6 Å². The molecule has 0 saturated carbocycles. The minimum Gasteiger partial charge on any atom is -0.379 e. The van der Waals surface area contributed by atoms with Crippen LogP contribution in [0.1, 0.15) is 17.2 Å². The topological polar surface area (TPSA) is 48.9 Å². The molecular formula is C21H28FIN4O. The monoisotopic (exact) mass is 498 g/mol. The van der Waals surface area contributed by atoms with Gasteiger partial charge in [-0.15, -0.1) is 24.0 Å². The first-order valence-corrected chi connectivity index (χ1v) is 9.32. The van der Waals surface area contributed by atoms with E-state index < -0.39 is 0 Å². The van der Waals surface area contributed by atoms with E-state index in [2.05, 4.69) is 44.8 Å². The molecule has 1 heterocycles. The molecule has 0 spiro atoms. The van der Waals surface area contributed by atoms with Crippen molar-refractivity contribution in [1.29, 1.82) is 0 Å². The lowest BCUT2D eigenvalue weighted by atomic mass is 10.0. The van der Waals surface area contributed by atoms with Crippen molar-refractivity contribution in [1.82, 2.24) is 15.5 Å². The summed E-state index contributed by atoms with van der Waals surface area (Å²) in [6.45, 7) is 4.70. The Balaban J connectivity index is 0.00000280. The van der Waals surface area contributed by atoms with Crippen LogP contribution >= 0.6 is 24.0 Å². The number of aliphatic imine (C=N–C) groups is 1. The quantitative estimate of drug-likeness (QED) is 0.365. The van der Waals surface area contributed by atoms with E-state index in [4.69, 9.17) is 4.74 Å². The van der Waals surface area contributed by atoms with Crippen LogP contribution in [-0.2, 0) is 11.3 Å². The van der Waals surface area contributed by atoms with Crippen molar-refractivity contribution in [2.75, 3.05) is 39.9 Å². The zero-order valence-electron chi connectivity index (χ0n) is 16.1. The van der Waals surface area contributed by atoms with Gasteiger partial charge in [0.1, 0.15) is 5.82 Å². The Morgan fingerprint density at radius 3 is 2.39 bits per heavy atom. The Bertz CT molecular complexity index is 721. The summed E-state index contributed by atoms with van der Waals surface area (Å²) in [4.78, 5) is 6.75. The molecule has 3 rings (SSSR count). The Morgan fingerprint density at radius 1 is 1.07 bits per heavy atom. The minimum atomic E-state index is -0.225. The number of ether oxygens (including phenoxy) is 1. The third-order valence-corrected chi connectivity index (χ3v) is 4.73. The van der Waals surface area contributed by atoms with Crippen LogP contribution in [0.3, 0.4) is 0 Å². The molecule has 0 bridgehead atoms. The summed E-state index contributed by atoms with van der Waals surface area (Å²) in [6, 6.07) is 17.2. The Morgan fingerprint density at radius 2 is 1.75 bits per heavy atom. The predicted molar refractivity (Wildman–Crippen MR) is 122 cm³/mol. The largest absolute Gasteiger partial charge is 0.379 e. The molecule has 0 aromatic heterocycles. The molecule has 5 nitrogen and oxygen atoms in total. The standard InChI is InChI=1S/C21H27FN4O.HI/c1-23-21(24-15-17-7-9-19(22)10-8-17)25-16-20(18-5-3-2-4-6-18)26-11-13-27-14-12-26;/h2-10,20H,11-16H2,1H3,(H2,23,24,25);1H. The fourth-order valence-electron chi connectivity index (χ4n) is 3.22. The van der Waals surface area contributed by atoms with E-state index in [1.165, 1.54) is 17.7 Å². The van der Waals surface area contributed by atoms with Gasteiger partial charge in [0.05, 0.1) is 19.3 Å². The number of halogens is 2. The second kappa shape index (κ2) is 12.0. The summed E-state index contributed by atoms with van der Waals surface area (Å²) >= 11 is 0. The molecule has 1 saturated heterocycles. The number of hydrogen-bond donors (Lipinski definition) is 2. The number of benzene rings is 2. The highest BCUT2D eigenvalue weighted by Crippen LogP contribution is 2.21. The van der Waals surface area contributed by atoms with Crippen molar-refractivity contribution in [3.8, 4) is 0 Å². The average molecular weight is 498 g/mol. The highest BCUT2D eigenvalue weighted by atomic mass is 127. The molecular weight excluding hydrogens is 470 g/mol. The zero-order chi connectivity index (χ0) is 18.9. The second-order valence-corrected chi connectivity index (χ2v) is 6.51. The van der Waals surface area contributed by atoms with Gasteiger partial charge in [-0.2, -0.15) is 0 Å². The lowest BCUT2D eigenvalue weighted by Gasteiger charge is -2.35. The first-order chi connectivity index (χ1) is 13.3. The summed E-state index contributed by atoms with van der Waals surface area (Å²) in [7, 11) is 1.76. The molecule has 0 amide bonds. The van der Waals surface area contributed by atoms with Gasteiger partial charge in [0.2, 0.25) is 0 Å². The molecule has 1 atom stereocenters. The molecule has 2 N–H and O–H groups in total. The van der Waals surface area contributed by atoms with E-state index in [1.54, 1.807) is 19.2 Å². The Kier molecular flexibility index (Phi) is 9.66. The normalized spacial score (nSPS) is 16.1. The molecule has 1 fully saturated rings. The molecule has 28 heavy (non-hydrogen) atoms. The van der Waals surface area contributed by atoms with Gasteiger partial charge in [-0.05, 0) is 23.3 Å². The molecule has 7 heteroatoms. The lowest BCUT2D eigenvalue weighted by molar-refractivity contribution is 0.0170. The summed E-state index contributed by atoms with van der Waals surface area (Å²) in [6.07, 6.45) is 0. The number of hydrogen-bond acceptors (Lipinski definition) is 3. The van der Waals surface area contributed by atoms with Crippen LogP contribution in [0.25, 0.3) is 0 Å². The molecule has 152 valence electrons. The van der Waals surface area contributed by atoms with Crippen LogP contribution in [-0.4, -0.2) is 50.8 Å². The smallest absolute Gasteiger partial charge is 0.191 e. The molecule has 2 aromatic rings. The summed E-state index contributed by atoms with van der Waals surface area (Å²) < 4.78 is 18.5. The van der Waals surface area contributed by atoms with Crippen LogP contribution in [0.15, 0.2) is 59.6 Å². The number of morpholine rings is 1. The predicted octanol–water partition coefficient (Wildman–Crippen LogP) is 3.18. The molecule has 1 aliphatic rings. The van der Waals surface area contributed by atoms with E-state index >= 15 is 0 Å². The molecule has 1 aliphatic heterocycles. The summed E-state index contributed by atoms with van der Waals surface area (Å²) in [5.74, 6) is 0.506. The lowest BCUT2D eigenvalue weighted by Crippen LogP contribution is -2.46. The minimum absolute atomic E-state index is 0. The first kappa shape index (κ1) is 22.6. The van der Waals surface area contributed by atoms with E-state index in [1.807, 2.05) is 6.07 Å². The average Bonchev–Trinajstić information content (AvgIpc) is 2.73. The van der Waals surface area contributed by atoms with E-state index in [0.29, 0.717) is 6.54 Å². The van der Waals surface area contributed by atoms with Crippen molar-refractivity contribution in [3.05, 3.63) is 71.5 Å². The Labute approximate surface area is 183 Å². The van der Waals surface area contributed by atoms with Crippen LogP contribution in [0.4, 0.5) is 4.39 Å². The van der Waals surface area contributed by atoms with Crippen molar-refractivity contribution in [2.24, 2.45) is 4.99 Å². The molecule has 2 aromatic carbocycles. The maximum absolute atomic E-state index is 13.0. The maximum Gasteiger partial charge on any atom is 0.191 e. The van der Waals surface area contributed by atoms with Crippen molar-refractivity contribution >= 4 is 29.9 Å². The fraction of sp³-hybridized carbons (Fsp3) is 0.381. The van der Waals surface area contributed by atoms with E-state index in [0.717, 1.165) is 44.4 Å². The zero-order valence-corrected chi connectivity index (χ0v) is 18.4. The van der Waals surface area contributed by atoms with Crippen molar-refractivity contribution < 1.29 is 9.13 Å². The van der Waals surface area contributed by atoms with Gasteiger partial charge in [-0.25, -0.2) is 4.39 Å². The number of guanidine groups is 1. The number of nitrogens with one attached hydrogen (secondary N) is 2. The van der Waals surface area contributed by atoms with Gasteiger partial charge in [0, 0.05) is 33.2 Å². The maximum atomic E-state index is 13.0. The highest BCUT2D eigenvalue weighted by molar-refractivity contribution is 14.0. The van der Waals surface area contributed by atoms with Gasteiger partial charge in [-0.3, -0.25) is 9.89 Å². The van der Waals surface area contributed by atoms with E-state index in [9.17, 15) is 4.39 Å². The molecule has 1 unspecified atom stereocenters. The fourth-order valence-corrected chi connectivity index (χ4v) is 3.22. The Hall–Kier alpha value is -1.71. The van der Waals surface area contributed by atoms with Crippen molar-refractivity contribution in [2.45, 2.75) is 12.6 Å². The highest BCUT2D eigenvalue weighted by Gasteiger charge is 2.22. The van der Waals surface area contributed by atoms with Crippen LogP contribution in [0, 0.1) is 5.82 Å². The van der Waals surface area contributed by atoms with Gasteiger partial charge < -0.3 is 15.4 Å². The van der Waals surface area contributed by atoms with Crippen LogP contribution in [0.5, 0.6) is 0 Å². The third-order valence-electron chi connectivity index (χ3n) is 4.73. The van der Waals surface area contributed by atoms with Crippen LogP contribution in [0.2, 0.25) is 0 Å². The van der Waals surface area contributed by atoms with Gasteiger partial charge in [0.25, 0.3) is 0 Å². The summed E-state index contributed by atoms with van der Waals surface area (Å²) in [5.41, 5.74) is 2.29. The van der Waals surface area contributed by atoms with E-state index in [-0.39, 0.29) is 35.8 Å². The number of nitrogens with zero attached hydrogens (tertiary/aromatic N) is 2. The van der Waals surface area contributed by atoms with Gasteiger partial charge >= 0.3 is 0 Å². The number of rotatable bonds is 6.